The molecule has 0 heterocycles. The van der Waals surface area contributed by atoms with Gasteiger partial charge in [0.2, 0.25) is 0 Å². The Kier molecular flexibility index (Phi) is 18.0. The summed E-state index contributed by atoms with van der Waals surface area (Å²) >= 11 is 0. The number of hydrogen-bond acceptors (Lipinski definition) is 0. The third-order valence-corrected chi connectivity index (χ3v) is 3.46. The van der Waals surface area contributed by atoms with Gasteiger partial charge in [0.1, 0.15) is 0 Å². The summed E-state index contributed by atoms with van der Waals surface area (Å²) in [4.78, 5) is 0. The van der Waals surface area contributed by atoms with Crippen LogP contribution in [0, 0.1) is 0 Å². The molecule has 0 aromatic rings. The van der Waals surface area contributed by atoms with Crippen LogP contribution in [0.25, 0.3) is 0 Å². The van der Waals surface area contributed by atoms with Gasteiger partial charge in [-0.1, -0.05) is 104 Å². The predicted octanol–water partition coefficient (Wildman–Crippen LogP) is 16.6. The largest absolute Gasteiger partial charge is 3.00 e. The molecule has 22 heteroatoms. The van der Waals surface area contributed by atoms with Crippen LogP contribution in [0.15, 0.2) is 0 Å². The molecule has 0 unspecified atom stereocenters. The molecular formula is C16H34F18MnP3. The Hall–Kier alpha value is 0.549. The van der Waals surface area contributed by atoms with Crippen molar-refractivity contribution in [3.05, 3.63) is 0 Å². The first-order valence-corrected chi connectivity index (χ1v) is 17.0. The van der Waals surface area contributed by atoms with E-state index in [1.807, 2.05) is 0 Å². The molecule has 0 rings (SSSR count). The minimum atomic E-state index is -10.7. The summed E-state index contributed by atoms with van der Waals surface area (Å²) in [5.41, 5.74) is 0. The molecule has 0 nitrogen and oxygen atoms in total. The normalized spacial score (nSPS) is 17.4. The summed E-state index contributed by atoms with van der Waals surface area (Å²) in [5, 5.41) is 0. The zero-order valence-corrected chi connectivity index (χ0v) is 24.3. The first kappa shape index (κ1) is 48.3. The standard InChI is InChI=1S/C16H34.3F6P.Mn/c1-3-5-7-9-11-13-15-16-14-12-10-8-6-4-2;3*1-7(2,3,4,5)6;/h3-16H2,1-2H3;;;;/q;3*-1;+3. The summed E-state index contributed by atoms with van der Waals surface area (Å²) in [6.45, 7) is 4.58. The van der Waals surface area contributed by atoms with Crippen LogP contribution >= 0.6 is 23.4 Å². The monoisotopic (exact) mass is 716 g/mol. The van der Waals surface area contributed by atoms with E-state index in [9.17, 15) is 75.5 Å². The molecule has 246 valence electrons. The Bertz CT molecular complexity index is 489. The molecule has 0 radical (unpaired) electrons. The van der Waals surface area contributed by atoms with Gasteiger partial charge in [0, 0.05) is 0 Å². The first-order valence-electron chi connectivity index (χ1n) is 11.0. The van der Waals surface area contributed by atoms with E-state index < -0.39 is 23.4 Å². The van der Waals surface area contributed by atoms with Crippen molar-refractivity contribution in [1.29, 1.82) is 0 Å². The van der Waals surface area contributed by atoms with Crippen molar-refractivity contribution in [2.75, 3.05) is 0 Å². The van der Waals surface area contributed by atoms with Crippen LogP contribution in [0.1, 0.15) is 104 Å². The van der Waals surface area contributed by atoms with Crippen molar-refractivity contribution >= 4 is 23.4 Å². The first-order chi connectivity index (χ1) is 15.3. The van der Waals surface area contributed by atoms with Gasteiger partial charge < -0.3 is 0 Å². The maximum Gasteiger partial charge on any atom is 3.00 e. The molecule has 0 aliphatic rings. The molecule has 0 amide bonds. The smallest absolute Gasteiger partial charge is 3.00 e. The number of unbranched alkanes of at least 4 members (excludes halogenated alkanes) is 13. The Morgan fingerprint density at radius 1 is 0.263 bits per heavy atom. The zero-order valence-electron chi connectivity index (χ0n) is 20.4. The molecule has 0 N–H and O–H groups in total. The van der Waals surface area contributed by atoms with Crippen molar-refractivity contribution < 1.29 is 92.6 Å². The SMILES string of the molecule is CCCCCCCCCCCCCCCC.F[P-](F)(F)(F)(F)F.F[P-](F)(F)(F)(F)F.F[P-](F)(F)(F)(F)F.[Mn+3]. The average molecular weight is 716 g/mol. The van der Waals surface area contributed by atoms with E-state index in [2.05, 4.69) is 13.8 Å². The fraction of sp³-hybridized carbons (Fsp3) is 1.00. The Labute approximate surface area is 220 Å². The fourth-order valence-electron chi connectivity index (χ4n) is 2.27. The van der Waals surface area contributed by atoms with Crippen LogP contribution in [0.2, 0.25) is 0 Å². The molecule has 0 saturated heterocycles. The van der Waals surface area contributed by atoms with Gasteiger partial charge in [-0.05, 0) is 0 Å². The van der Waals surface area contributed by atoms with Crippen LogP contribution in [0.4, 0.5) is 75.5 Å². The number of halogens is 18. The van der Waals surface area contributed by atoms with Gasteiger partial charge in [0.05, 0.1) is 0 Å². The van der Waals surface area contributed by atoms with Gasteiger partial charge in [-0.2, -0.15) is 0 Å². The minimum absolute atomic E-state index is 0. The molecular weight excluding hydrogens is 682 g/mol. The van der Waals surface area contributed by atoms with Gasteiger partial charge in [-0.3, -0.25) is 0 Å². The van der Waals surface area contributed by atoms with Crippen LogP contribution < -0.4 is 0 Å². The van der Waals surface area contributed by atoms with Crippen molar-refractivity contribution in [2.45, 2.75) is 104 Å². The average Bonchev–Trinajstić information content (AvgIpc) is 2.47. The van der Waals surface area contributed by atoms with Crippen LogP contribution in [-0.2, 0) is 17.1 Å². The van der Waals surface area contributed by atoms with Gasteiger partial charge in [-0.15, -0.1) is 0 Å². The predicted molar refractivity (Wildman–Crippen MR) is 117 cm³/mol. The van der Waals surface area contributed by atoms with Gasteiger partial charge in [0.25, 0.3) is 0 Å². The second kappa shape index (κ2) is 14.1. The molecule has 0 atom stereocenters. The zero-order chi connectivity index (χ0) is 31.1. The minimum Gasteiger partial charge on any atom is 3.00 e. The molecule has 0 saturated carbocycles. The van der Waals surface area contributed by atoms with E-state index in [1.165, 1.54) is 89.9 Å². The summed E-state index contributed by atoms with van der Waals surface area (Å²) in [5.74, 6) is 0. The van der Waals surface area contributed by atoms with E-state index in [4.69, 9.17) is 0 Å². The van der Waals surface area contributed by atoms with E-state index in [0.29, 0.717) is 0 Å². The number of hydrogen-bond donors (Lipinski definition) is 0. The van der Waals surface area contributed by atoms with Crippen molar-refractivity contribution in [2.24, 2.45) is 0 Å². The summed E-state index contributed by atoms with van der Waals surface area (Å²) in [6, 6.07) is 0. The summed E-state index contributed by atoms with van der Waals surface area (Å²) < 4.78 is 178. The molecule has 38 heavy (non-hydrogen) atoms. The summed E-state index contributed by atoms with van der Waals surface area (Å²) in [7, 11) is -32.0. The fourth-order valence-corrected chi connectivity index (χ4v) is 2.27. The Balaban J connectivity index is -0.000000139. The maximum absolute atomic E-state index is 10.7. The molecule has 0 bridgehead atoms. The second-order valence-electron chi connectivity index (χ2n) is 8.12. The molecule has 0 spiro atoms. The molecule has 0 aliphatic carbocycles. The van der Waals surface area contributed by atoms with Crippen LogP contribution in [0.3, 0.4) is 0 Å². The third kappa shape index (κ3) is 252. The van der Waals surface area contributed by atoms with Gasteiger partial charge in [-0.25, -0.2) is 0 Å². The van der Waals surface area contributed by atoms with E-state index >= 15 is 0 Å². The third-order valence-electron chi connectivity index (χ3n) is 3.46. The maximum atomic E-state index is 9.87. The van der Waals surface area contributed by atoms with Crippen LogP contribution in [-0.4, -0.2) is 0 Å². The van der Waals surface area contributed by atoms with E-state index in [0.717, 1.165) is 0 Å². The Morgan fingerprint density at radius 3 is 0.421 bits per heavy atom. The van der Waals surface area contributed by atoms with Crippen molar-refractivity contribution in [3.8, 4) is 0 Å². The van der Waals surface area contributed by atoms with Crippen molar-refractivity contribution in [1.82, 2.24) is 0 Å². The Morgan fingerprint density at radius 2 is 0.342 bits per heavy atom. The van der Waals surface area contributed by atoms with Gasteiger partial charge >= 0.3 is 116 Å². The van der Waals surface area contributed by atoms with Crippen LogP contribution in [0.5, 0.6) is 0 Å². The topological polar surface area (TPSA) is 0 Å². The quantitative estimate of drug-likeness (QED) is 0.0771. The van der Waals surface area contributed by atoms with E-state index in [1.54, 1.807) is 0 Å². The molecule has 0 aromatic carbocycles. The van der Waals surface area contributed by atoms with E-state index in [-0.39, 0.29) is 17.1 Å². The van der Waals surface area contributed by atoms with Gasteiger partial charge in [0.15, 0.2) is 0 Å². The summed E-state index contributed by atoms with van der Waals surface area (Å²) in [6.07, 6.45) is 20.4. The molecule has 0 fully saturated rings. The molecule has 0 aromatic heterocycles. The second-order valence-corrected chi connectivity index (χ2v) is 13.9. The van der Waals surface area contributed by atoms with Crippen molar-refractivity contribution in [3.63, 3.8) is 0 Å². The molecule has 0 aliphatic heterocycles. The number of rotatable bonds is 13.